The Morgan fingerprint density at radius 2 is 2.11 bits per heavy atom. The third kappa shape index (κ3) is 4.10. The number of thioether (sulfide) groups is 1. The van der Waals surface area contributed by atoms with Gasteiger partial charge in [0.1, 0.15) is 5.50 Å². The topological polar surface area (TPSA) is 79.5 Å². The lowest BCUT2D eigenvalue weighted by atomic mass is 9.74. The number of carbonyl (C=O) groups excluding carboxylic acids is 2. The van der Waals surface area contributed by atoms with Crippen LogP contribution in [0.1, 0.15) is 30.9 Å². The molecular weight excluding hydrogens is 374 g/mol. The zero-order valence-electron chi connectivity index (χ0n) is 16.5. The fourth-order valence-corrected chi connectivity index (χ4v) is 4.64. The number of nitrogens with one attached hydrogen (secondary N) is 3. The Morgan fingerprint density at radius 1 is 1.32 bits per heavy atom. The maximum Gasteiger partial charge on any atom is 0.336 e. The second-order valence-corrected chi connectivity index (χ2v) is 8.11. The number of hydrogen-bond acceptors (Lipinski definition) is 6. The summed E-state index contributed by atoms with van der Waals surface area (Å²) in [7, 11) is 0. The van der Waals surface area contributed by atoms with E-state index in [2.05, 4.69) is 22.5 Å². The lowest BCUT2D eigenvalue weighted by Crippen LogP contribution is -2.67. The minimum absolute atomic E-state index is 0.0846. The van der Waals surface area contributed by atoms with Gasteiger partial charge >= 0.3 is 5.97 Å². The third-order valence-electron chi connectivity index (χ3n) is 4.99. The summed E-state index contributed by atoms with van der Waals surface area (Å²) in [5, 5.41) is 9.79. The molecule has 0 radical (unpaired) electrons. The van der Waals surface area contributed by atoms with Crippen LogP contribution in [0.3, 0.4) is 0 Å². The number of hydrogen-bond donors (Lipinski definition) is 3. The Kier molecular flexibility index (Phi) is 6.46. The van der Waals surface area contributed by atoms with Crippen molar-refractivity contribution in [1.82, 2.24) is 16.0 Å². The molecule has 1 saturated heterocycles. The lowest BCUT2D eigenvalue weighted by Gasteiger charge is -2.45. The van der Waals surface area contributed by atoms with Crippen molar-refractivity contribution in [1.29, 1.82) is 0 Å². The second-order valence-electron chi connectivity index (χ2n) is 6.98. The number of amides is 1. The molecule has 0 aliphatic carbocycles. The quantitative estimate of drug-likeness (QED) is 0.502. The molecule has 0 saturated carbocycles. The van der Waals surface area contributed by atoms with Crippen molar-refractivity contribution in [3.8, 4) is 0 Å². The van der Waals surface area contributed by atoms with Gasteiger partial charge in [-0.15, -0.1) is 18.3 Å². The van der Waals surface area contributed by atoms with E-state index in [9.17, 15) is 9.59 Å². The molecule has 2 heterocycles. The van der Waals surface area contributed by atoms with E-state index in [0.29, 0.717) is 5.57 Å². The monoisotopic (exact) mass is 401 g/mol. The molecule has 1 aromatic carbocycles. The minimum Gasteiger partial charge on any atom is -0.463 e. The Labute approximate surface area is 170 Å². The first-order valence-corrected chi connectivity index (χ1v) is 10.5. The van der Waals surface area contributed by atoms with E-state index in [4.69, 9.17) is 4.74 Å². The van der Waals surface area contributed by atoms with Crippen LogP contribution >= 0.6 is 11.8 Å². The summed E-state index contributed by atoms with van der Waals surface area (Å²) in [6, 6.07) is 7.96. The van der Waals surface area contributed by atoms with Crippen molar-refractivity contribution < 1.29 is 14.3 Å². The highest BCUT2D eigenvalue weighted by Gasteiger charge is 2.48. The van der Waals surface area contributed by atoms with Gasteiger partial charge in [-0.05, 0) is 26.3 Å². The summed E-state index contributed by atoms with van der Waals surface area (Å²) in [6.45, 7) is 9.67. The van der Waals surface area contributed by atoms with Crippen LogP contribution in [0, 0.1) is 12.8 Å². The van der Waals surface area contributed by atoms with E-state index >= 15 is 0 Å². The third-order valence-corrected chi connectivity index (χ3v) is 6.01. The molecule has 2 aliphatic heterocycles. The molecule has 1 aromatic rings. The zero-order valence-corrected chi connectivity index (χ0v) is 17.3. The number of ether oxygens (including phenoxy) is 1. The molecule has 4 unspecified atom stereocenters. The number of esters is 1. The number of fused-ring (bicyclic) bond motifs is 1. The number of carbonyl (C=O) groups is 2. The highest BCUT2D eigenvalue weighted by molar-refractivity contribution is 7.99. The van der Waals surface area contributed by atoms with E-state index in [-0.39, 0.29) is 36.1 Å². The molecule has 0 bridgehead atoms. The summed E-state index contributed by atoms with van der Waals surface area (Å²) >= 11 is 1.56. The van der Waals surface area contributed by atoms with E-state index < -0.39 is 5.92 Å². The van der Waals surface area contributed by atoms with Crippen LogP contribution in [-0.2, 0) is 14.3 Å². The van der Waals surface area contributed by atoms with Crippen LogP contribution in [-0.4, -0.2) is 35.9 Å². The molecule has 6 nitrogen and oxygen atoms in total. The summed E-state index contributed by atoms with van der Waals surface area (Å²) < 4.78 is 5.32. The highest BCUT2D eigenvalue weighted by Crippen LogP contribution is 2.41. The number of aryl methyl sites for hydroxylation is 1. The summed E-state index contributed by atoms with van der Waals surface area (Å²) in [4.78, 5) is 25.9. The fraction of sp³-hybridized carbons (Fsp3) is 0.429. The summed E-state index contributed by atoms with van der Waals surface area (Å²) in [5.41, 5.74) is 3.06. The average Bonchev–Trinajstić information content (AvgIpc) is 2.65. The van der Waals surface area contributed by atoms with Crippen molar-refractivity contribution in [2.24, 2.45) is 5.92 Å². The smallest absolute Gasteiger partial charge is 0.336 e. The van der Waals surface area contributed by atoms with E-state index in [1.807, 2.05) is 38.1 Å². The lowest BCUT2D eigenvalue weighted by molar-refractivity contribution is -0.139. The maximum absolute atomic E-state index is 13.1. The predicted octanol–water partition coefficient (Wildman–Crippen LogP) is 2.38. The molecule has 28 heavy (non-hydrogen) atoms. The predicted molar refractivity (Wildman–Crippen MR) is 111 cm³/mol. The first kappa shape index (κ1) is 20.5. The molecule has 0 spiro atoms. The fourth-order valence-electron chi connectivity index (χ4n) is 3.86. The second kappa shape index (κ2) is 8.84. The van der Waals surface area contributed by atoms with Crippen LogP contribution < -0.4 is 16.0 Å². The van der Waals surface area contributed by atoms with Crippen molar-refractivity contribution in [3.63, 3.8) is 0 Å². The first-order valence-electron chi connectivity index (χ1n) is 9.46. The average molecular weight is 402 g/mol. The van der Waals surface area contributed by atoms with E-state index in [1.165, 1.54) is 0 Å². The van der Waals surface area contributed by atoms with E-state index in [0.717, 1.165) is 22.6 Å². The first-order chi connectivity index (χ1) is 13.5. The van der Waals surface area contributed by atoms with Crippen molar-refractivity contribution in [2.75, 3.05) is 12.4 Å². The van der Waals surface area contributed by atoms with Crippen LogP contribution in [0.5, 0.6) is 0 Å². The van der Waals surface area contributed by atoms with Gasteiger partial charge in [-0.2, -0.15) is 0 Å². The van der Waals surface area contributed by atoms with Gasteiger partial charge in [-0.1, -0.05) is 35.9 Å². The van der Waals surface area contributed by atoms with Gasteiger partial charge in [0.15, 0.2) is 0 Å². The standard InChI is InChI=1S/C21H27N3O3S/c1-5-10-28-21-23-18-17(19(25)24-21)16(14-9-7-8-12(3)11-14)15(13(4)22-18)20(26)27-6-2/h5,7-9,11,16-18,21-23H,1,6,10H2,2-4H3,(H,24,25). The number of benzene rings is 1. The Hall–Kier alpha value is -2.25. The molecule has 4 atom stereocenters. The number of allylic oxidation sites excluding steroid dienone is 1. The molecule has 7 heteroatoms. The van der Waals surface area contributed by atoms with Crippen molar-refractivity contribution in [3.05, 3.63) is 59.3 Å². The van der Waals surface area contributed by atoms with Gasteiger partial charge in [0.05, 0.1) is 24.3 Å². The molecule has 1 amide bonds. The number of rotatable bonds is 6. The van der Waals surface area contributed by atoms with Gasteiger partial charge in [0.2, 0.25) is 5.91 Å². The van der Waals surface area contributed by atoms with Gasteiger partial charge in [-0.25, -0.2) is 4.79 Å². The Bertz CT molecular complexity index is 808. The Balaban J connectivity index is 2.03. The normalized spacial score (nSPS) is 26.8. The zero-order chi connectivity index (χ0) is 20.3. The van der Waals surface area contributed by atoms with Gasteiger partial charge < -0.3 is 15.4 Å². The minimum atomic E-state index is -0.467. The summed E-state index contributed by atoms with van der Waals surface area (Å²) in [6.07, 6.45) is 1.53. The Morgan fingerprint density at radius 3 is 2.79 bits per heavy atom. The molecule has 3 rings (SSSR count). The molecule has 0 aromatic heterocycles. The van der Waals surface area contributed by atoms with Crippen molar-refractivity contribution >= 4 is 23.6 Å². The highest BCUT2D eigenvalue weighted by atomic mass is 32.2. The van der Waals surface area contributed by atoms with Gasteiger partial charge in [-0.3, -0.25) is 10.1 Å². The van der Waals surface area contributed by atoms with Gasteiger partial charge in [0, 0.05) is 17.4 Å². The molecule has 3 N–H and O–H groups in total. The SMILES string of the molecule is C=CCSC1NC(=O)C2C(NC(C)=C(C(=O)OCC)C2c2cccc(C)c2)N1. The maximum atomic E-state index is 13.1. The molecule has 2 aliphatic rings. The van der Waals surface area contributed by atoms with Crippen LogP contribution in [0.25, 0.3) is 0 Å². The largest absolute Gasteiger partial charge is 0.463 e. The molecule has 1 fully saturated rings. The van der Waals surface area contributed by atoms with Crippen molar-refractivity contribution in [2.45, 2.75) is 38.4 Å². The van der Waals surface area contributed by atoms with Gasteiger partial charge in [0.25, 0.3) is 0 Å². The van der Waals surface area contributed by atoms with Crippen LogP contribution in [0.4, 0.5) is 0 Å². The van der Waals surface area contributed by atoms with Crippen LogP contribution in [0.2, 0.25) is 0 Å². The molecule has 150 valence electrons. The van der Waals surface area contributed by atoms with Crippen LogP contribution in [0.15, 0.2) is 48.2 Å². The van der Waals surface area contributed by atoms with E-state index in [1.54, 1.807) is 24.8 Å². The molecular formula is C21H27N3O3S. The summed E-state index contributed by atoms with van der Waals surface area (Å²) in [5.74, 6) is -0.597.